The molecule has 21 heavy (non-hydrogen) atoms. The SMILES string of the molecule is C[C@H]1C[C@@H](C(=O)NCC2CCCc3ccccc32)CCN1. The molecule has 114 valence electrons. The molecule has 1 fully saturated rings. The first-order valence-electron chi connectivity index (χ1n) is 8.33. The van der Waals surface area contributed by atoms with Gasteiger partial charge in [-0.2, -0.15) is 0 Å². The third-order valence-corrected chi connectivity index (χ3v) is 5.01. The van der Waals surface area contributed by atoms with Gasteiger partial charge in [0, 0.05) is 24.4 Å². The molecule has 3 nitrogen and oxygen atoms in total. The van der Waals surface area contributed by atoms with Gasteiger partial charge in [0.15, 0.2) is 0 Å². The second-order valence-corrected chi connectivity index (χ2v) is 6.61. The smallest absolute Gasteiger partial charge is 0.223 e. The lowest BCUT2D eigenvalue weighted by Gasteiger charge is -2.29. The Kier molecular flexibility index (Phi) is 4.59. The van der Waals surface area contributed by atoms with Crippen LogP contribution >= 0.6 is 0 Å². The lowest BCUT2D eigenvalue weighted by atomic mass is 9.82. The summed E-state index contributed by atoms with van der Waals surface area (Å²) in [5.41, 5.74) is 2.92. The van der Waals surface area contributed by atoms with E-state index >= 15 is 0 Å². The topological polar surface area (TPSA) is 41.1 Å². The van der Waals surface area contributed by atoms with Gasteiger partial charge in [-0.05, 0) is 56.7 Å². The largest absolute Gasteiger partial charge is 0.355 e. The molecule has 2 aliphatic rings. The van der Waals surface area contributed by atoms with Crippen LogP contribution in [0.25, 0.3) is 0 Å². The number of benzene rings is 1. The molecule has 2 N–H and O–H groups in total. The fourth-order valence-corrected chi connectivity index (χ4v) is 3.80. The Hall–Kier alpha value is -1.35. The summed E-state index contributed by atoms with van der Waals surface area (Å²) in [6.45, 7) is 3.93. The van der Waals surface area contributed by atoms with Gasteiger partial charge < -0.3 is 10.6 Å². The highest BCUT2D eigenvalue weighted by atomic mass is 16.1. The average molecular weight is 286 g/mol. The molecule has 3 rings (SSSR count). The van der Waals surface area contributed by atoms with E-state index in [4.69, 9.17) is 0 Å². The normalized spacial score (nSPS) is 28.7. The second kappa shape index (κ2) is 6.61. The summed E-state index contributed by atoms with van der Waals surface area (Å²) >= 11 is 0. The van der Waals surface area contributed by atoms with Crippen LogP contribution in [0.1, 0.15) is 49.7 Å². The number of hydrogen-bond donors (Lipinski definition) is 2. The molecule has 0 spiro atoms. The van der Waals surface area contributed by atoms with Gasteiger partial charge >= 0.3 is 0 Å². The average Bonchev–Trinajstić information content (AvgIpc) is 2.52. The molecule has 0 saturated carbocycles. The lowest BCUT2D eigenvalue weighted by molar-refractivity contribution is -0.126. The van der Waals surface area contributed by atoms with Crippen molar-refractivity contribution in [3.05, 3.63) is 35.4 Å². The molecule has 1 aromatic rings. The molecule has 1 aromatic carbocycles. The number of rotatable bonds is 3. The van der Waals surface area contributed by atoms with E-state index in [1.54, 1.807) is 0 Å². The first-order valence-corrected chi connectivity index (χ1v) is 8.33. The Bertz CT molecular complexity index is 500. The van der Waals surface area contributed by atoms with E-state index in [0.29, 0.717) is 12.0 Å². The summed E-state index contributed by atoms with van der Waals surface area (Å²) in [5, 5.41) is 6.62. The Morgan fingerprint density at radius 1 is 1.33 bits per heavy atom. The molecule has 0 bridgehead atoms. The minimum Gasteiger partial charge on any atom is -0.355 e. The van der Waals surface area contributed by atoms with Crippen LogP contribution in [0.3, 0.4) is 0 Å². The number of fused-ring (bicyclic) bond motifs is 1. The summed E-state index contributed by atoms with van der Waals surface area (Å²) in [6.07, 6.45) is 5.55. The predicted molar refractivity (Wildman–Crippen MR) is 85.3 cm³/mol. The van der Waals surface area contributed by atoms with Gasteiger partial charge in [0.2, 0.25) is 5.91 Å². The van der Waals surface area contributed by atoms with Crippen molar-refractivity contribution < 1.29 is 4.79 Å². The quantitative estimate of drug-likeness (QED) is 0.897. The van der Waals surface area contributed by atoms with Crippen molar-refractivity contribution in [3.8, 4) is 0 Å². The molecule has 1 aliphatic carbocycles. The zero-order valence-electron chi connectivity index (χ0n) is 12.9. The predicted octanol–water partition coefficient (Wildman–Crippen LogP) is 2.61. The number of aryl methyl sites for hydroxylation is 1. The minimum absolute atomic E-state index is 0.195. The van der Waals surface area contributed by atoms with E-state index in [2.05, 4.69) is 41.8 Å². The molecule has 1 amide bonds. The van der Waals surface area contributed by atoms with Crippen LogP contribution in [0.4, 0.5) is 0 Å². The van der Waals surface area contributed by atoms with E-state index in [-0.39, 0.29) is 11.8 Å². The van der Waals surface area contributed by atoms with Crippen LogP contribution in [-0.4, -0.2) is 25.0 Å². The third kappa shape index (κ3) is 3.46. The van der Waals surface area contributed by atoms with Crippen LogP contribution in [0.5, 0.6) is 0 Å². The highest BCUT2D eigenvalue weighted by Crippen LogP contribution is 2.31. The molecule has 3 atom stereocenters. The molecule has 1 heterocycles. The van der Waals surface area contributed by atoms with Gasteiger partial charge in [0.1, 0.15) is 0 Å². The Morgan fingerprint density at radius 3 is 3.05 bits per heavy atom. The minimum atomic E-state index is 0.195. The van der Waals surface area contributed by atoms with Crippen LogP contribution in [0.2, 0.25) is 0 Å². The van der Waals surface area contributed by atoms with Crippen molar-refractivity contribution in [3.63, 3.8) is 0 Å². The second-order valence-electron chi connectivity index (χ2n) is 6.61. The standard InChI is InChI=1S/C18H26N2O/c1-13-11-15(9-10-19-13)18(21)20-12-16-7-4-6-14-5-2-3-8-17(14)16/h2-3,5,8,13,15-16,19H,4,6-7,9-12H2,1H3,(H,20,21)/t13-,15-,16?/m0/s1. The van der Waals surface area contributed by atoms with Gasteiger partial charge in [-0.3, -0.25) is 4.79 Å². The van der Waals surface area contributed by atoms with Crippen LogP contribution < -0.4 is 10.6 Å². The molecule has 3 heteroatoms. The zero-order chi connectivity index (χ0) is 14.7. The Morgan fingerprint density at radius 2 is 2.19 bits per heavy atom. The summed E-state index contributed by atoms with van der Waals surface area (Å²) in [6, 6.07) is 9.17. The van der Waals surface area contributed by atoms with Crippen molar-refractivity contribution in [2.24, 2.45) is 5.92 Å². The number of hydrogen-bond acceptors (Lipinski definition) is 2. The Balaban J connectivity index is 1.57. The highest BCUT2D eigenvalue weighted by molar-refractivity contribution is 5.78. The lowest BCUT2D eigenvalue weighted by Crippen LogP contribution is -2.43. The summed E-state index contributed by atoms with van der Waals surface area (Å²) in [4.78, 5) is 12.4. The molecule has 1 aliphatic heterocycles. The third-order valence-electron chi connectivity index (χ3n) is 5.01. The molecular formula is C18H26N2O. The molecular weight excluding hydrogens is 260 g/mol. The monoisotopic (exact) mass is 286 g/mol. The van der Waals surface area contributed by atoms with E-state index in [1.165, 1.54) is 30.4 Å². The van der Waals surface area contributed by atoms with Crippen molar-refractivity contribution in [2.45, 2.75) is 51.0 Å². The van der Waals surface area contributed by atoms with Gasteiger partial charge in [-0.1, -0.05) is 24.3 Å². The van der Waals surface area contributed by atoms with E-state index < -0.39 is 0 Å². The first-order chi connectivity index (χ1) is 10.2. The van der Waals surface area contributed by atoms with Gasteiger partial charge in [0.25, 0.3) is 0 Å². The maximum Gasteiger partial charge on any atom is 0.223 e. The molecule has 0 radical (unpaired) electrons. The maximum absolute atomic E-state index is 12.4. The van der Waals surface area contributed by atoms with E-state index in [9.17, 15) is 4.79 Å². The summed E-state index contributed by atoms with van der Waals surface area (Å²) in [7, 11) is 0. The van der Waals surface area contributed by atoms with Crippen LogP contribution in [0.15, 0.2) is 24.3 Å². The first kappa shape index (κ1) is 14.6. The van der Waals surface area contributed by atoms with Crippen molar-refractivity contribution in [1.82, 2.24) is 10.6 Å². The molecule has 0 aromatic heterocycles. The van der Waals surface area contributed by atoms with Gasteiger partial charge in [-0.15, -0.1) is 0 Å². The summed E-state index contributed by atoms with van der Waals surface area (Å²) in [5.74, 6) is 0.949. The van der Waals surface area contributed by atoms with Crippen molar-refractivity contribution >= 4 is 5.91 Å². The molecule has 1 unspecified atom stereocenters. The van der Waals surface area contributed by atoms with Crippen molar-refractivity contribution in [1.29, 1.82) is 0 Å². The number of piperidine rings is 1. The fourth-order valence-electron chi connectivity index (χ4n) is 3.80. The van der Waals surface area contributed by atoms with Crippen molar-refractivity contribution in [2.75, 3.05) is 13.1 Å². The van der Waals surface area contributed by atoms with Crippen LogP contribution in [-0.2, 0) is 11.2 Å². The molecule has 1 saturated heterocycles. The number of nitrogens with one attached hydrogen (secondary N) is 2. The number of carbonyl (C=O) groups is 1. The number of amides is 1. The van der Waals surface area contributed by atoms with Gasteiger partial charge in [0.05, 0.1) is 0 Å². The number of carbonyl (C=O) groups excluding carboxylic acids is 1. The van der Waals surface area contributed by atoms with Gasteiger partial charge in [-0.25, -0.2) is 0 Å². The highest BCUT2D eigenvalue weighted by Gasteiger charge is 2.26. The Labute approximate surface area is 127 Å². The van der Waals surface area contributed by atoms with Crippen LogP contribution in [0, 0.1) is 5.92 Å². The summed E-state index contributed by atoms with van der Waals surface area (Å²) < 4.78 is 0. The van der Waals surface area contributed by atoms with E-state index in [0.717, 1.165) is 25.9 Å². The maximum atomic E-state index is 12.4. The zero-order valence-corrected chi connectivity index (χ0v) is 12.9. The fraction of sp³-hybridized carbons (Fsp3) is 0.611. The van der Waals surface area contributed by atoms with E-state index in [1.807, 2.05) is 0 Å².